The predicted octanol–water partition coefficient (Wildman–Crippen LogP) is 12.6. The molecule has 3 heteroatoms. The quantitative estimate of drug-likeness (QED) is 0.176. The highest BCUT2D eigenvalue weighted by molar-refractivity contribution is 5.87. The largest absolute Gasteiger partial charge is 0.215 e. The maximum Gasteiger partial charge on any atom is 0.152 e. The van der Waals surface area contributed by atoms with E-state index >= 15 is 0 Å². The number of aromatic nitrogens is 3. The van der Waals surface area contributed by atoms with Crippen LogP contribution in [-0.2, 0) is 16.2 Å². The van der Waals surface area contributed by atoms with Crippen molar-refractivity contribution in [2.24, 2.45) is 0 Å². The lowest BCUT2D eigenvalue weighted by Crippen LogP contribution is -2.37. The minimum atomic E-state index is -0.869. The molecule has 0 amide bonds. The molecule has 12 rings (SSSR count). The van der Waals surface area contributed by atoms with Crippen LogP contribution in [0.15, 0.2) is 200 Å². The Morgan fingerprint density at radius 2 is 0.610 bits per heavy atom. The van der Waals surface area contributed by atoms with Gasteiger partial charge in [-0.25, -0.2) is 15.0 Å². The summed E-state index contributed by atoms with van der Waals surface area (Å²) in [5.41, 5.74) is 15.7. The number of benzene rings is 8. The molecular formula is C56H39N3. The lowest BCUT2D eigenvalue weighted by atomic mass is 9.70. The Morgan fingerprint density at radius 1 is 0.288 bits per heavy atom. The number of fused-ring (bicyclic) bond motifs is 9. The molecule has 0 fully saturated rings. The van der Waals surface area contributed by atoms with E-state index in [1.54, 1.807) is 0 Å². The first-order chi connectivity index (χ1) is 29.0. The van der Waals surface area contributed by atoms with Gasteiger partial charge in [0.15, 0.2) is 5.82 Å². The van der Waals surface area contributed by atoms with E-state index < -0.39 is 16.2 Å². The first-order valence-electron chi connectivity index (χ1n) is 20.5. The van der Waals surface area contributed by atoms with Crippen molar-refractivity contribution in [3.63, 3.8) is 0 Å². The van der Waals surface area contributed by atoms with Crippen LogP contribution in [-0.4, -0.2) is 15.0 Å². The fourth-order valence-corrected chi connectivity index (χ4v) is 10.9. The van der Waals surface area contributed by atoms with Crippen molar-refractivity contribution < 1.29 is 0 Å². The highest BCUT2D eigenvalue weighted by Gasteiger charge is 2.52. The van der Waals surface area contributed by atoms with E-state index in [0.29, 0.717) is 0 Å². The Kier molecular flexibility index (Phi) is 7.11. The Hall–Kier alpha value is -7.23. The van der Waals surface area contributed by atoms with E-state index in [1.807, 2.05) is 0 Å². The number of hydrogen-bond donors (Lipinski definition) is 0. The van der Waals surface area contributed by atoms with Gasteiger partial charge in [-0.2, -0.15) is 0 Å². The number of nitrogens with zero attached hydrogens (tertiary/aromatic N) is 3. The van der Waals surface area contributed by atoms with E-state index in [9.17, 15) is 0 Å². The molecule has 3 aliphatic rings. The highest BCUT2D eigenvalue weighted by atomic mass is 15.1. The molecule has 0 spiro atoms. The Labute approximate surface area is 344 Å². The molecule has 0 atom stereocenters. The second-order valence-corrected chi connectivity index (χ2v) is 16.5. The Bertz CT molecular complexity index is 2900. The van der Waals surface area contributed by atoms with E-state index in [2.05, 4.69) is 214 Å². The van der Waals surface area contributed by atoms with Crippen molar-refractivity contribution in [3.8, 4) is 44.5 Å². The molecule has 59 heavy (non-hydrogen) atoms. The van der Waals surface area contributed by atoms with E-state index in [1.165, 1.54) is 72.3 Å². The van der Waals surface area contributed by atoms with Crippen LogP contribution in [0.1, 0.15) is 70.3 Å². The molecule has 8 aromatic carbocycles. The fourth-order valence-electron chi connectivity index (χ4n) is 10.9. The molecular weight excluding hydrogens is 715 g/mol. The molecule has 0 N–H and O–H groups in total. The van der Waals surface area contributed by atoms with Crippen molar-refractivity contribution in [1.82, 2.24) is 15.0 Å². The monoisotopic (exact) mass is 753 g/mol. The van der Waals surface area contributed by atoms with Crippen LogP contribution < -0.4 is 0 Å². The first-order valence-corrected chi connectivity index (χ1v) is 20.5. The zero-order valence-corrected chi connectivity index (χ0v) is 32.9. The first kappa shape index (κ1) is 33.9. The Balaban J connectivity index is 1.24. The van der Waals surface area contributed by atoms with Gasteiger partial charge in [0.05, 0.1) is 10.8 Å². The molecule has 0 saturated carbocycles. The molecule has 0 aliphatic heterocycles. The van der Waals surface area contributed by atoms with E-state index in [0.717, 1.165) is 28.6 Å². The molecule has 1 heterocycles. The molecule has 0 radical (unpaired) electrons. The van der Waals surface area contributed by atoms with Gasteiger partial charge in [-0.05, 0) is 103 Å². The minimum absolute atomic E-state index is 0.668. The molecule has 0 unspecified atom stereocenters. The molecule has 1 aromatic heterocycles. The summed E-state index contributed by atoms with van der Waals surface area (Å²) < 4.78 is 0. The van der Waals surface area contributed by atoms with Gasteiger partial charge in [-0.3, -0.25) is 0 Å². The maximum absolute atomic E-state index is 5.91. The van der Waals surface area contributed by atoms with Crippen LogP contribution in [0, 0.1) is 0 Å². The summed E-state index contributed by atoms with van der Waals surface area (Å²) in [7, 11) is 0. The zero-order chi connectivity index (χ0) is 39.3. The summed E-state index contributed by atoms with van der Waals surface area (Å²) >= 11 is 0. The molecule has 0 bridgehead atoms. The van der Waals surface area contributed by atoms with Crippen molar-refractivity contribution >= 4 is 0 Å². The Morgan fingerprint density at radius 3 is 1.03 bits per heavy atom. The van der Waals surface area contributed by atoms with Gasteiger partial charge in [0.1, 0.15) is 17.1 Å². The molecule has 278 valence electrons. The molecule has 3 aliphatic carbocycles. The smallest absolute Gasteiger partial charge is 0.152 e. The highest BCUT2D eigenvalue weighted by Crippen LogP contribution is 2.58. The topological polar surface area (TPSA) is 38.7 Å². The summed E-state index contributed by atoms with van der Waals surface area (Å²) in [4.78, 5) is 17.6. The summed E-state index contributed by atoms with van der Waals surface area (Å²) in [6, 6.07) is 72.6. The van der Waals surface area contributed by atoms with Gasteiger partial charge >= 0.3 is 0 Å². The summed E-state index contributed by atoms with van der Waals surface area (Å²) in [6.07, 6.45) is 0. The van der Waals surface area contributed by atoms with Crippen LogP contribution in [0.2, 0.25) is 0 Å². The minimum Gasteiger partial charge on any atom is -0.215 e. The van der Waals surface area contributed by atoms with Crippen molar-refractivity contribution in [1.29, 1.82) is 0 Å². The van der Waals surface area contributed by atoms with Crippen LogP contribution in [0.4, 0.5) is 0 Å². The molecule has 9 aromatic rings. The van der Waals surface area contributed by atoms with Gasteiger partial charge < -0.3 is 0 Å². The van der Waals surface area contributed by atoms with Crippen molar-refractivity contribution in [2.45, 2.75) is 30.1 Å². The maximum atomic E-state index is 5.91. The van der Waals surface area contributed by atoms with Gasteiger partial charge in [-0.1, -0.05) is 194 Å². The molecule has 0 saturated heterocycles. The van der Waals surface area contributed by atoms with Crippen LogP contribution in [0.5, 0.6) is 0 Å². The second kappa shape index (κ2) is 12.4. The van der Waals surface area contributed by atoms with Crippen LogP contribution in [0.3, 0.4) is 0 Å². The predicted molar refractivity (Wildman–Crippen MR) is 237 cm³/mol. The number of hydrogen-bond acceptors (Lipinski definition) is 3. The van der Waals surface area contributed by atoms with Gasteiger partial charge in [0.2, 0.25) is 0 Å². The standard InChI is InChI=1S/C56H39N3/c1-54(45-29-12-6-23-39(45)40-24-7-13-30-46(40)54)51-57-52(55(2)47-31-14-8-25-41(47)42-26-9-15-32-48(42)55)59-53(58-51)56(38-22-18-21-37(35-38)36-19-4-3-5-20-36)49-33-16-10-27-43(49)44-28-11-17-34-50(44)56/h3-35H,1-2H3. The lowest BCUT2D eigenvalue weighted by Gasteiger charge is -2.35. The average molecular weight is 754 g/mol. The van der Waals surface area contributed by atoms with Crippen LogP contribution >= 0.6 is 0 Å². The van der Waals surface area contributed by atoms with E-state index in [-0.39, 0.29) is 0 Å². The van der Waals surface area contributed by atoms with Crippen molar-refractivity contribution in [3.05, 3.63) is 257 Å². The van der Waals surface area contributed by atoms with Crippen LogP contribution in [0.25, 0.3) is 44.5 Å². The van der Waals surface area contributed by atoms with Crippen molar-refractivity contribution in [2.75, 3.05) is 0 Å². The SMILES string of the molecule is CC1(c2nc(C3(C)c4ccccc4-c4ccccc43)nc(C3(c4cccc(-c5ccccc5)c4)c4ccccc4-c4ccccc43)n2)c2ccccc2-c2ccccc21. The van der Waals surface area contributed by atoms with Gasteiger partial charge in [-0.15, -0.1) is 0 Å². The van der Waals surface area contributed by atoms with E-state index in [4.69, 9.17) is 15.0 Å². The van der Waals surface area contributed by atoms with Gasteiger partial charge in [0, 0.05) is 0 Å². The lowest BCUT2D eigenvalue weighted by molar-refractivity contribution is 0.554. The normalized spacial score (nSPS) is 15.4. The third-order valence-corrected chi connectivity index (χ3v) is 13.7. The summed E-state index contributed by atoms with van der Waals surface area (Å²) in [5.74, 6) is 2.23. The third kappa shape index (κ3) is 4.45. The zero-order valence-electron chi connectivity index (χ0n) is 32.9. The van der Waals surface area contributed by atoms with Gasteiger partial charge in [0.25, 0.3) is 0 Å². The summed E-state index contributed by atoms with van der Waals surface area (Å²) in [6.45, 7) is 4.64. The third-order valence-electron chi connectivity index (χ3n) is 13.7. The second-order valence-electron chi connectivity index (χ2n) is 16.5. The fraction of sp³-hybridized carbons (Fsp3) is 0.0893. The molecule has 3 nitrogen and oxygen atoms in total. The summed E-state index contributed by atoms with van der Waals surface area (Å²) in [5, 5.41) is 0. The average Bonchev–Trinajstić information content (AvgIpc) is 3.87. The number of rotatable bonds is 5.